The van der Waals surface area contributed by atoms with Gasteiger partial charge in [0.05, 0.1) is 6.61 Å². The van der Waals surface area contributed by atoms with Crippen LogP contribution in [0.15, 0.2) is 30.3 Å². The van der Waals surface area contributed by atoms with E-state index >= 15 is 0 Å². The van der Waals surface area contributed by atoms with Crippen molar-refractivity contribution >= 4 is 11.9 Å². The molecule has 0 radical (unpaired) electrons. The Kier molecular flexibility index (Phi) is 2.87. The highest BCUT2D eigenvalue weighted by molar-refractivity contribution is 5.96. The van der Waals surface area contributed by atoms with Gasteiger partial charge >= 0.3 is 5.97 Å². The van der Waals surface area contributed by atoms with Gasteiger partial charge in [-0.15, -0.1) is 0 Å². The van der Waals surface area contributed by atoms with Crippen molar-refractivity contribution in [1.29, 1.82) is 0 Å². The van der Waals surface area contributed by atoms with Crippen molar-refractivity contribution in [3.8, 4) is 0 Å². The van der Waals surface area contributed by atoms with Crippen LogP contribution in [-0.4, -0.2) is 41.3 Å². The number of carbonyl (C=O) groups is 2. The SMILES string of the molecule is O=C(O)[C@@H]1COCN1C(=O)c1ccccc1. The lowest BCUT2D eigenvalue weighted by Crippen LogP contribution is -2.41. The molecule has 0 aromatic heterocycles. The zero-order valence-corrected chi connectivity index (χ0v) is 8.50. The second kappa shape index (κ2) is 4.32. The number of carbonyl (C=O) groups excluding carboxylic acids is 1. The van der Waals surface area contributed by atoms with Gasteiger partial charge in [-0.05, 0) is 12.1 Å². The monoisotopic (exact) mass is 221 g/mol. The summed E-state index contributed by atoms with van der Waals surface area (Å²) in [6.45, 7) is 0.0819. The van der Waals surface area contributed by atoms with Crippen LogP contribution in [0.25, 0.3) is 0 Å². The topological polar surface area (TPSA) is 66.8 Å². The molecule has 1 fully saturated rings. The fraction of sp³-hybridized carbons (Fsp3) is 0.273. The molecule has 1 aliphatic heterocycles. The van der Waals surface area contributed by atoms with E-state index in [1.165, 1.54) is 4.90 Å². The third-order valence-corrected chi connectivity index (χ3v) is 2.45. The number of hydrogen-bond acceptors (Lipinski definition) is 3. The quantitative estimate of drug-likeness (QED) is 0.792. The molecule has 5 heteroatoms. The Morgan fingerprint density at radius 3 is 2.62 bits per heavy atom. The number of rotatable bonds is 2. The molecule has 0 bridgehead atoms. The van der Waals surface area contributed by atoms with E-state index < -0.39 is 12.0 Å². The van der Waals surface area contributed by atoms with Crippen LogP contribution >= 0.6 is 0 Å². The molecule has 0 aliphatic carbocycles. The van der Waals surface area contributed by atoms with Gasteiger partial charge in [0, 0.05) is 5.56 Å². The molecule has 1 amide bonds. The number of nitrogens with zero attached hydrogens (tertiary/aromatic N) is 1. The summed E-state index contributed by atoms with van der Waals surface area (Å²) in [6, 6.07) is 7.69. The van der Waals surface area contributed by atoms with Crippen LogP contribution < -0.4 is 0 Å². The number of benzene rings is 1. The van der Waals surface area contributed by atoms with E-state index in [9.17, 15) is 9.59 Å². The van der Waals surface area contributed by atoms with E-state index in [1.54, 1.807) is 30.3 Å². The number of hydrogen-bond donors (Lipinski definition) is 1. The van der Waals surface area contributed by atoms with Crippen molar-refractivity contribution in [3.63, 3.8) is 0 Å². The molecule has 0 saturated carbocycles. The molecule has 1 saturated heterocycles. The first-order chi connectivity index (χ1) is 7.70. The summed E-state index contributed by atoms with van der Waals surface area (Å²) in [7, 11) is 0. The number of amides is 1. The minimum absolute atomic E-state index is 0.0324. The first-order valence-electron chi connectivity index (χ1n) is 4.86. The zero-order chi connectivity index (χ0) is 11.5. The first kappa shape index (κ1) is 10.6. The van der Waals surface area contributed by atoms with Crippen LogP contribution in [0.3, 0.4) is 0 Å². The lowest BCUT2D eigenvalue weighted by Gasteiger charge is -2.18. The minimum Gasteiger partial charge on any atom is -0.480 e. The van der Waals surface area contributed by atoms with E-state index in [1.807, 2.05) is 0 Å². The molecule has 1 N–H and O–H groups in total. The molecular formula is C11H11NO4. The highest BCUT2D eigenvalue weighted by Crippen LogP contribution is 2.14. The van der Waals surface area contributed by atoms with Gasteiger partial charge in [0.25, 0.3) is 5.91 Å². The molecule has 84 valence electrons. The van der Waals surface area contributed by atoms with Gasteiger partial charge < -0.3 is 9.84 Å². The third-order valence-electron chi connectivity index (χ3n) is 2.45. The van der Waals surface area contributed by atoms with E-state index in [0.717, 1.165) is 0 Å². The van der Waals surface area contributed by atoms with Crippen LogP contribution in [0.1, 0.15) is 10.4 Å². The number of ether oxygens (including phenoxy) is 1. The summed E-state index contributed by atoms with van der Waals surface area (Å²) in [5.74, 6) is -1.35. The second-order valence-corrected chi connectivity index (χ2v) is 3.49. The molecular weight excluding hydrogens is 210 g/mol. The van der Waals surface area contributed by atoms with Gasteiger partial charge in [0.2, 0.25) is 0 Å². The number of carboxylic acids is 1. The normalized spacial score (nSPS) is 19.8. The fourth-order valence-corrected chi connectivity index (χ4v) is 1.59. The highest BCUT2D eigenvalue weighted by atomic mass is 16.5. The van der Waals surface area contributed by atoms with Crippen molar-refractivity contribution in [2.24, 2.45) is 0 Å². The molecule has 1 heterocycles. The van der Waals surface area contributed by atoms with Gasteiger partial charge in [-0.3, -0.25) is 9.69 Å². The predicted molar refractivity (Wildman–Crippen MR) is 54.9 cm³/mol. The lowest BCUT2D eigenvalue weighted by atomic mass is 10.2. The van der Waals surface area contributed by atoms with Crippen LogP contribution in [0, 0.1) is 0 Å². The Morgan fingerprint density at radius 2 is 2.00 bits per heavy atom. The summed E-state index contributed by atoms with van der Waals surface area (Å²) in [4.78, 5) is 24.0. The van der Waals surface area contributed by atoms with Gasteiger partial charge in [0.15, 0.2) is 6.04 Å². The van der Waals surface area contributed by atoms with Gasteiger partial charge in [-0.2, -0.15) is 0 Å². The molecule has 16 heavy (non-hydrogen) atoms. The van der Waals surface area contributed by atoms with Gasteiger partial charge in [-0.1, -0.05) is 18.2 Å². The highest BCUT2D eigenvalue weighted by Gasteiger charge is 2.35. The molecule has 0 spiro atoms. The number of carboxylic acid groups (broad SMARTS) is 1. The van der Waals surface area contributed by atoms with E-state index in [0.29, 0.717) is 5.56 Å². The van der Waals surface area contributed by atoms with Crippen LogP contribution in [0.2, 0.25) is 0 Å². The fourth-order valence-electron chi connectivity index (χ4n) is 1.59. The zero-order valence-electron chi connectivity index (χ0n) is 8.50. The Balaban J connectivity index is 2.19. The van der Waals surface area contributed by atoms with E-state index in [-0.39, 0.29) is 19.2 Å². The Bertz CT molecular complexity index is 404. The largest absolute Gasteiger partial charge is 0.480 e. The first-order valence-corrected chi connectivity index (χ1v) is 4.86. The molecule has 1 aromatic rings. The molecule has 1 atom stereocenters. The van der Waals surface area contributed by atoms with Crippen molar-refractivity contribution < 1.29 is 19.4 Å². The third kappa shape index (κ3) is 1.90. The van der Waals surface area contributed by atoms with Crippen molar-refractivity contribution in [3.05, 3.63) is 35.9 Å². The standard InChI is InChI=1S/C11H11NO4/c13-10(8-4-2-1-3-5-8)12-7-16-6-9(12)11(14)15/h1-5,9H,6-7H2,(H,14,15)/t9-/m0/s1. The minimum atomic E-state index is -1.04. The number of aliphatic carboxylic acids is 1. The van der Waals surface area contributed by atoms with Gasteiger partial charge in [-0.25, -0.2) is 4.79 Å². The summed E-state index contributed by atoms with van der Waals surface area (Å²) in [5.41, 5.74) is 0.472. The Labute approximate surface area is 92.2 Å². The second-order valence-electron chi connectivity index (χ2n) is 3.49. The maximum atomic E-state index is 11.9. The smallest absolute Gasteiger partial charge is 0.328 e. The molecule has 5 nitrogen and oxygen atoms in total. The van der Waals surface area contributed by atoms with Gasteiger partial charge in [0.1, 0.15) is 6.73 Å². The van der Waals surface area contributed by atoms with E-state index in [2.05, 4.69) is 0 Å². The Hall–Kier alpha value is -1.88. The molecule has 2 rings (SSSR count). The Morgan fingerprint density at radius 1 is 1.31 bits per heavy atom. The molecule has 0 unspecified atom stereocenters. The predicted octanol–water partition coefficient (Wildman–Crippen LogP) is 0.570. The maximum Gasteiger partial charge on any atom is 0.328 e. The summed E-state index contributed by atoms with van der Waals surface area (Å²) in [6.07, 6.45) is 0. The average Bonchev–Trinajstić information content (AvgIpc) is 2.78. The molecule has 1 aliphatic rings. The maximum absolute atomic E-state index is 11.9. The van der Waals surface area contributed by atoms with Crippen molar-refractivity contribution in [1.82, 2.24) is 4.90 Å². The molecule has 1 aromatic carbocycles. The summed E-state index contributed by atoms with van der Waals surface area (Å²) < 4.78 is 5.00. The average molecular weight is 221 g/mol. The summed E-state index contributed by atoms with van der Waals surface area (Å²) in [5, 5.41) is 8.91. The van der Waals surface area contributed by atoms with Crippen LogP contribution in [0.5, 0.6) is 0 Å². The van der Waals surface area contributed by atoms with Crippen LogP contribution in [-0.2, 0) is 9.53 Å². The summed E-state index contributed by atoms with van der Waals surface area (Å²) >= 11 is 0. The van der Waals surface area contributed by atoms with Crippen molar-refractivity contribution in [2.45, 2.75) is 6.04 Å². The van der Waals surface area contributed by atoms with Crippen LogP contribution in [0.4, 0.5) is 0 Å². The van der Waals surface area contributed by atoms with Crippen molar-refractivity contribution in [2.75, 3.05) is 13.3 Å². The van der Waals surface area contributed by atoms with E-state index in [4.69, 9.17) is 9.84 Å². The lowest BCUT2D eigenvalue weighted by molar-refractivity contribution is -0.141.